The second kappa shape index (κ2) is 8.43. The van der Waals surface area contributed by atoms with Gasteiger partial charge in [-0.15, -0.1) is 0 Å². The molecule has 4 rings (SSSR count). The van der Waals surface area contributed by atoms with Crippen molar-refractivity contribution in [1.82, 2.24) is 5.32 Å². The maximum Gasteiger partial charge on any atom is 0.264 e. The molecule has 0 radical (unpaired) electrons. The maximum atomic E-state index is 13.3. The number of ether oxygens (including phenoxy) is 1. The summed E-state index contributed by atoms with van der Waals surface area (Å²) in [5.41, 5.74) is 2.52. The quantitative estimate of drug-likeness (QED) is 0.660. The first-order valence-electron chi connectivity index (χ1n) is 10.1. The van der Waals surface area contributed by atoms with Crippen LogP contribution in [0.25, 0.3) is 0 Å². The van der Waals surface area contributed by atoms with Gasteiger partial charge in [0.05, 0.1) is 23.2 Å². The van der Waals surface area contributed by atoms with Gasteiger partial charge < -0.3 is 10.1 Å². The van der Waals surface area contributed by atoms with E-state index in [4.69, 9.17) is 4.74 Å². The summed E-state index contributed by atoms with van der Waals surface area (Å²) in [5.74, 6) is -0.00719. The lowest BCUT2D eigenvalue weighted by atomic mass is 10.1. The van der Waals surface area contributed by atoms with Gasteiger partial charge in [-0.2, -0.15) is 0 Å². The molecule has 160 valence electrons. The van der Waals surface area contributed by atoms with Crippen molar-refractivity contribution >= 4 is 21.6 Å². The van der Waals surface area contributed by atoms with E-state index in [0.29, 0.717) is 11.4 Å². The molecule has 0 aliphatic carbocycles. The Bertz CT molecular complexity index is 1180. The third kappa shape index (κ3) is 4.27. The fourth-order valence-corrected chi connectivity index (χ4v) is 5.03. The lowest BCUT2D eigenvalue weighted by molar-refractivity contribution is -0.128. The summed E-state index contributed by atoms with van der Waals surface area (Å²) in [6.45, 7) is 3.78. The molecule has 6 nitrogen and oxygen atoms in total. The number of carbonyl (C=O) groups excluding carboxylic acids is 1. The second-order valence-corrected chi connectivity index (χ2v) is 9.43. The lowest BCUT2D eigenvalue weighted by Gasteiger charge is -2.35. The summed E-state index contributed by atoms with van der Waals surface area (Å²) < 4.78 is 33.8. The van der Waals surface area contributed by atoms with Crippen LogP contribution < -0.4 is 14.4 Å². The molecular weight excluding hydrogens is 412 g/mol. The van der Waals surface area contributed by atoms with Crippen molar-refractivity contribution in [2.75, 3.05) is 10.8 Å². The first kappa shape index (κ1) is 20.9. The Morgan fingerprint density at radius 1 is 1.00 bits per heavy atom. The number of carbonyl (C=O) groups is 1. The summed E-state index contributed by atoms with van der Waals surface area (Å²) in [4.78, 5) is 13.2. The summed E-state index contributed by atoms with van der Waals surface area (Å²) >= 11 is 0. The fraction of sp³-hybridized carbons (Fsp3) is 0.208. The molecule has 0 unspecified atom stereocenters. The molecule has 3 aromatic carbocycles. The number of amides is 1. The number of nitrogens with zero attached hydrogens (tertiary/aromatic N) is 1. The van der Waals surface area contributed by atoms with E-state index in [1.807, 2.05) is 38.1 Å². The largest absolute Gasteiger partial charge is 0.476 e. The Labute approximate surface area is 182 Å². The number of anilines is 1. The zero-order valence-electron chi connectivity index (χ0n) is 17.4. The van der Waals surface area contributed by atoms with E-state index >= 15 is 0 Å². The van der Waals surface area contributed by atoms with Crippen LogP contribution in [0, 0.1) is 6.92 Å². The van der Waals surface area contributed by atoms with Crippen LogP contribution in [0.5, 0.6) is 5.75 Å². The van der Waals surface area contributed by atoms with Crippen LogP contribution in [-0.4, -0.2) is 27.0 Å². The van der Waals surface area contributed by atoms with Crippen LogP contribution in [0.2, 0.25) is 0 Å². The number of aryl methyl sites for hydroxylation is 1. The van der Waals surface area contributed by atoms with Gasteiger partial charge in [0.15, 0.2) is 6.10 Å². The maximum absolute atomic E-state index is 13.3. The minimum atomic E-state index is -3.85. The predicted molar refractivity (Wildman–Crippen MR) is 120 cm³/mol. The molecular formula is C24H24N2O4S. The predicted octanol–water partition coefficient (Wildman–Crippen LogP) is 3.83. The van der Waals surface area contributed by atoms with E-state index in [1.165, 1.54) is 4.31 Å². The normalized spacial score (nSPS) is 16.7. The van der Waals surface area contributed by atoms with Crippen molar-refractivity contribution in [3.05, 3.63) is 90.0 Å². The van der Waals surface area contributed by atoms with E-state index in [-0.39, 0.29) is 23.4 Å². The van der Waals surface area contributed by atoms with Gasteiger partial charge in [-0.05, 0) is 43.7 Å². The highest BCUT2D eigenvalue weighted by atomic mass is 32.2. The highest BCUT2D eigenvalue weighted by molar-refractivity contribution is 7.92. The average Bonchev–Trinajstić information content (AvgIpc) is 2.79. The summed E-state index contributed by atoms with van der Waals surface area (Å²) in [5, 5.41) is 2.94. The zero-order chi connectivity index (χ0) is 22.0. The van der Waals surface area contributed by atoms with E-state index in [0.717, 1.165) is 11.1 Å². The number of hydrogen-bond donors (Lipinski definition) is 1. The highest BCUT2D eigenvalue weighted by Gasteiger charge is 2.37. The minimum Gasteiger partial charge on any atom is -0.476 e. The van der Waals surface area contributed by atoms with Crippen LogP contribution in [0.4, 0.5) is 5.69 Å². The van der Waals surface area contributed by atoms with Crippen LogP contribution in [-0.2, 0) is 14.8 Å². The number of sulfonamides is 1. The van der Waals surface area contributed by atoms with Gasteiger partial charge in [-0.1, -0.05) is 60.2 Å². The van der Waals surface area contributed by atoms with Crippen molar-refractivity contribution < 1.29 is 17.9 Å². The van der Waals surface area contributed by atoms with E-state index in [9.17, 15) is 13.2 Å². The highest BCUT2D eigenvalue weighted by Crippen LogP contribution is 2.36. The van der Waals surface area contributed by atoms with E-state index in [1.54, 1.807) is 54.6 Å². The number of para-hydroxylation sites is 2. The Morgan fingerprint density at radius 2 is 1.65 bits per heavy atom. The van der Waals surface area contributed by atoms with Crippen molar-refractivity contribution in [2.45, 2.75) is 30.9 Å². The molecule has 0 fully saturated rings. The van der Waals surface area contributed by atoms with E-state index in [2.05, 4.69) is 5.32 Å². The standard InChI is InChI=1S/C24H24N2O4S/c1-17-12-14-19(15-13-17)18(2)25-24(27)23-16-26(21-10-6-7-11-22(21)30-23)31(28,29)20-8-4-3-5-9-20/h3-15,18,23H,16H2,1-2H3,(H,25,27)/t18-,23+/m1/s1. The smallest absolute Gasteiger partial charge is 0.264 e. The molecule has 1 heterocycles. The number of hydrogen-bond acceptors (Lipinski definition) is 4. The van der Waals surface area contributed by atoms with Gasteiger partial charge in [0.2, 0.25) is 0 Å². The number of benzene rings is 3. The second-order valence-electron chi connectivity index (χ2n) is 7.56. The number of rotatable bonds is 5. The van der Waals surface area contributed by atoms with Crippen LogP contribution >= 0.6 is 0 Å². The molecule has 31 heavy (non-hydrogen) atoms. The van der Waals surface area contributed by atoms with E-state index < -0.39 is 16.1 Å². The third-order valence-corrected chi connectivity index (χ3v) is 7.09. The van der Waals surface area contributed by atoms with Gasteiger partial charge >= 0.3 is 0 Å². The summed E-state index contributed by atoms with van der Waals surface area (Å²) in [6.07, 6.45) is -0.971. The molecule has 1 aliphatic rings. The fourth-order valence-electron chi connectivity index (χ4n) is 3.53. The molecule has 2 atom stereocenters. The van der Waals surface area contributed by atoms with Gasteiger partial charge in [-0.25, -0.2) is 8.42 Å². The monoisotopic (exact) mass is 436 g/mol. The zero-order valence-corrected chi connectivity index (χ0v) is 18.2. The van der Waals surface area contributed by atoms with Crippen LogP contribution in [0.1, 0.15) is 24.1 Å². The Hall–Kier alpha value is -3.32. The Balaban J connectivity index is 1.60. The molecule has 1 aliphatic heterocycles. The van der Waals surface area contributed by atoms with Gasteiger partial charge in [0.1, 0.15) is 5.75 Å². The average molecular weight is 437 g/mol. The van der Waals surface area contributed by atoms with Gasteiger partial charge in [-0.3, -0.25) is 9.10 Å². The molecule has 0 spiro atoms. The minimum absolute atomic E-state index is 0.110. The number of fused-ring (bicyclic) bond motifs is 1. The first-order chi connectivity index (χ1) is 14.9. The molecule has 0 bridgehead atoms. The topological polar surface area (TPSA) is 75.7 Å². The van der Waals surface area contributed by atoms with Crippen molar-refractivity contribution in [1.29, 1.82) is 0 Å². The van der Waals surface area contributed by atoms with Crippen LogP contribution in [0.3, 0.4) is 0 Å². The molecule has 1 N–H and O–H groups in total. The molecule has 1 amide bonds. The van der Waals surface area contributed by atoms with Crippen molar-refractivity contribution in [2.24, 2.45) is 0 Å². The van der Waals surface area contributed by atoms with Gasteiger partial charge in [0, 0.05) is 0 Å². The number of nitrogens with one attached hydrogen (secondary N) is 1. The molecule has 0 aromatic heterocycles. The molecule has 3 aromatic rings. The van der Waals surface area contributed by atoms with Crippen LogP contribution in [0.15, 0.2) is 83.8 Å². The lowest BCUT2D eigenvalue weighted by Crippen LogP contribution is -2.51. The summed E-state index contributed by atoms with van der Waals surface area (Å²) in [6, 6.07) is 22.7. The SMILES string of the molecule is Cc1ccc([C@@H](C)NC(=O)[C@@H]2CN(S(=O)(=O)c3ccccc3)c3ccccc3O2)cc1. The third-order valence-electron chi connectivity index (χ3n) is 5.29. The molecule has 0 saturated carbocycles. The Morgan fingerprint density at radius 3 is 2.35 bits per heavy atom. The van der Waals surface area contributed by atoms with Crippen molar-refractivity contribution in [3.8, 4) is 5.75 Å². The molecule has 7 heteroatoms. The first-order valence-corrected chi connectivity index (χ1v) is 11.5. The molecule has 0 saturated heterocycles. The van der Waals surface area contributed by atoms with Gasteiger partial charge in [0.25, 0.3) is 15.9 Å². The Kier molecular flexibility index (Phi) is 5.69. The summed E-state index contributed by atoms with van der Waals surface area (Å²) in [7, 11) is -3.85. The van der Waals surface area contributed by atoms with Crippen molar-refractivity contribution in [3.63, 3.8) is 0 Å².